The second-order valence-corrected chi connectivity index (χ2v) is 5.44. The molecule has 0 aliphatic carbocycles. The van der Waals surface area contributed by atoms with Crippen LogP contribution < -0.4 is 0 Å². The summed E-state index contributed by atoms with van der Waals surface area (Å²) in [5.41, 5.74) is 1.69. The lowest BCUT2D eigenvalue weighted by atomic mass is 9.96. The van der Waals surface area contributed by atoms with E-state index in [-0.39, 0.29) is 11.4 Å². The van der Waals surface area contributed by atoms with Crippen molar-refractivity contribution in [3.8, 4) is 5.75 Å². The average molecular weight is 330 g/mol. The second kappa shape index (κ2) is 7.48. The van der Waals surface area contributed by atoms with Gasteiger partial charge in [-0.3, -0.25) is 10.1 Å². The maximum atomic E-state index is 11.0. The third kappa shape index (κ3) is 3.93. The summed E-state index contributed by atoms with van der Waals surface area (Å²) in [5, 5.41) is 21.0. The van der Waals surface area contributed by atoms with Crippen molar-refractivity contribution in [1.29, 1.82) is 0 Å². The Labute approximate surface area is 122 Å². The van der Waals surface area contributed by atoms with Crippen LogP contribution in [0.1, 0.15) is 50.7 Å². The van der Waals surface area contributed by atoms with E-state index in [0.717, 1.165) is 49.7 Å². The van der Waals surface area contributed by atoms with Gasteiger partial charge in [0.25, 0.3) is 5.69 Å². The Bertz CT molecular complexity index is 460. The fourth-order valence-electron chi connectivity index (χ4n) is 2.10. The molecule has 5 heteroatoms. The van der Waals surface area contributed by atoms with Gasteiger partial charge < -0.3 is 5.11 Å². The molecule has 1 rings (SSSR count). The Morgan fingerprint density at radius 2 is 1.74 bits per heavy atom. The summed E-state index contributed by atoms with van der Waals surface area (Å²) in [4.78, 5) is 10.5. The number of benzene rings is 1. The average Bonchev–Trinajstić information content (AvgIpc) is 2.37. The molecule has 4 nitrogen and oxygen atoms in total. The van der Waals surface area contributed by atoms with Gasteiger partial charge in [-0.1, -0.05) is 26.7 Å². The van der Waals surface area contributed by atoms with E-state index in [2.05, 4.69) is 29.8 Å². The zero-order chi connectivity index (χ0) is 14.4. The summed E-state index contributed by atoms with van der Waals surface area (Å²) in [6, 6.07) is 1.25. The molecule has 19 heavy (non-hydrogen) atoms. The fourth-order valence-corrected chi connectivity index (χ4v) is 2.80. The van der Waals surface area contributed by atoms with Gasteiger partial charge in [0.1, 0.15) is 5.75 Å². The van der Waals surface area contributed by atoms with Crippen LogP contribution in [0.2, 0.25) is 0 Å². The fraction of sp³-hybridized carbons (Fsp3) is 0.571. The first-order chi connectivity index (χ1) is 9.02. The summed E-state index contributed by atoms with van der Waals surface area (Å²) in [6.07, 6.45) is 5.49. The van der Waals surface area contributed by atoms with Crippen LogP contribution in [-0.4, -0.2) is 10.0 Å². The molecule has 0 amide bonds. The van der Waals surface area contributed by atoms with Crippen LogP contribution in [0.25, 0.3) is 0 Å². The molecule has 0 saturated heterocycles. The highest BCUT2D eigenvalue weighted by atomic mass is 79.9. The van der Waals surface area contributed by atoms with Gasteiger partial charge >= 0.3 is 0 Å². The summed E-state index contributed by atoms with van der Waals surface area (Å²) in [5.74, 6) is 0.0504. The first kappa shape index (κ1) is 16.0. The maximum absolute atomic E-state index is 11.0. The molecular formula is C14H20BrNO3. The first-order valence-corrected chi connectivity index (χ1v) is 7.49. The Kier molecular flexibility index (Phi) is 6.28. The molecule has 0 aliphatic rings. The van der Waals surface area contributed by atoms with E-state index >= 15 is 0 Å². The number of nitro groups is 1. The first-order valence-electron chi connectivity index (χ1n) is 6.70. The summed E-state index contributed by atoms with van der Waals surface area (Å²) in [6.45, 7) is 4.17. The molecule has 0 aromatic heterocycles. The molecule has 0 heterocycles. The van der Waals surface area contributed by atoms with E-state index < -0.39 is 4.92 Å². The van der Waals surface area contributed by atoms with E-state index in [9.17, 15) is 15.2 Å². The second-order valence-electron chi connectivity index (χ2n) is 4.65. The minimum atomic E-state index is -0.456. The maximum Gasteiger partial charge on any atom is 0.287 e. The molecule has 106 valence electrons. The van der Waals surface area contributed by atoms with Crippen molar-refractivity contribution in [1.82, 2.24) is 0 Å². The zero-order valence-corrected chi connectivity index (χ0v) is 13.0. The zero-order valence-electron chi connectivity index (χ0n) is 11.4. The van der Waals surface area contributed by atoms with E-state index in [4.69, 9.17) is 0 Å². The topological polar surface area (TPSA) is 63.4 Å². The SMILES string of the molecule is CCCCc1c(O)cc([N+](=O)[O-])c(Br)c1CCCC. The number of hydrogen-bond donors (Lipinski definition) is 1. The van der Waals surface area contributed by atoms with Crippen molar-refractivity contribution in [3.05, 3.63) is 31.8 Å². The largest absolute Gasteiger partial charge is 0.507 e. The van der Waals surface area contributed by atoms with E-state index in [0.29, 0.717) is 4.47 Å². The molecule has 1 N–H and O–H groups in total. The van der Waals surface area contributed by atoms with E-state index in [1.807, 2.05) is 0 Å². The third-order valence-corrected chi connectivity index (χ3v) is 4.08. The number of halogens is 1. The highest BCUT2D eigenvalue weighted by Crippen LogP contribution is 2.38. The quantitative estimate of drug-likeness (QED) is 0.580. The van der Waals surface area contributed by atoms with Crippen molar-refractivity contribution in [2.24, 2.45) is 0 Å². The Hall–Kier alpha value is -1.10. The van der Waals surface area contributed by atoms with Crippen LogP contribution in [0.3, 0.4) is 0 Å². The molecule has 0 saturated carbocycles. The highest BCUT2D eigenvalue weighted by Gasteiger charge is 2.22. The molecule has 0 aliphatic heterocycles. The minimum Gasteiger partial charge on any atom is -0.507 e. The lowest BCUT2D eigenvalue weighted by Crippen LogP contribution is -2.01. The molecule has 0 unspecified atom stereocenters. The van der Waals surface area contributed by atoms with Crippen LogP contribution in [0, 0.1) is 10.1 Å². The van der Waals surface area contributed by atoms with Crippen LogP contribution >= 0.6 is 15.9 Å². The summed E-state index contributed by atoms with van der Waals surface area (Å²) < 4.78 is 0.523. The Morgan fingerprint density at radius 1 is 1.21 bits per heavy atom. The number of hydrogen-bond acceptors (Lipinski definition) is 3. The lowest BCUT2D eigenvalue weighted by molar-refractivity contribution is -0.385. The molecule has 0 radical (unpaired) electrons. The van der Waals surface area contributed by atoms with Gasteiger partial charge in [0.2, 0.25) is 0 Å². The van der Waals surface area contributed by atoms with E-state index in [1.54, 1.807) is 0 Å². The van der Waals surface area contributed by atoms with Crippen LogP contribution in [0.5, 0.6) is 5.75 Å². The van der Waals surface area contributed by atoms with Crippen molar-refractivity contribution in [3.63, 3.8) is 0 Å². The van der Waals surface area contributed by atoms with Crippen LogP contribution in [0.4, 0.5) is 5.69 Å². The summed E-state index contributed by atoms with van der Waals surface area (Å²) in [7, 11) is 0. The summed E-state index contributed by atoms with van der Waals surface area (Å²) >= 11 is 3.34. The van der Waals surface area contributed by atoms with Gasteiger partial charge in [0.15, 0.2) is 0 Å². The molecule has 1 aromatic carbocycles. The normalized spacial score (nSPS) is 10.7. The number of rotatable bonds is 7. The molecule has 0 bridgehead atoms. The van der Waals surface area contributed by atoms with Gasteiger partial charge in [0.05, 0.1) is 15.5 Å². The smallest absolute Gasteiger partial charge is 0.287 e. The van der Waals surface area contributed by atoms with Gasteiger partial charge in [-0.15, -0.1) is 0 Å². The monoisotopic (exact) mass is 329 g/mol. The standard InChI is InChI=1S/C14H20BrNO3/c1-3-5-7-10-11(8-6-4-2)14(15)12(16(18)19)9-13(10)17/h9,17H,3-8H2,1-2H3. The number of aromatic hydroxyl groups is 1. The van der Waals surface area contributed by atoms with Crippen molar-refractivity contribution >= 4 is 21.6 Å². The van der Waals surface area contributed by atoms with Crippen LogP contribution in [0.15, 0.2) is 10.5 Å². The van der Waals surface area contributed by atoms with Crippen molar-refractivity contribution in [2.75, 3.05) is 0 Å². The predicted octanol–water partition coefficient (Wildman–Crippen LogP) is 4.75. The van der Waals surface area contributed by atoms with Gasteiger partial charge in [-0.2, -0.15) is 0 Å². The molecule has 0 fully saturated rings. The van der Waals surface area contributed by atoms with Gasteiger partial charge in [0, 0.05) is 0 Å². The highest BCUT2D eigenvalue weighted by molar-refractivity contribution is 9.10. The number of phenols is 1. The number of unbranched alkanes of at least 4 members (excludes halogenated alkanes) is 2. The van der Waals surface area contributed by atoms with Gasteiger partial charge in [-0.05, 0) is 52.7 Å². The number of nitro benzene ring substituents is 1. The number of phenolic OH excluding ortho intramolecular Hbond substituents is 1. The van der Waals surface area contributed by atoms with Crippen LogP contribution in [-0.2, 0) is 12.8 Å². The minimum absolute atomic E-state index is 0.0504. The predicted molar refractivity (Wildman–Crippen MR) is 79.7 cm³/mol. The molecule has 1 aromatic rings. The lowest BCUT2D eigenvalue weighted by Gasteiger charge is -2.13. The van der Waals surface area contributed by atoms with Gasteiger partial charge in [-0.25, -0.2) is 0 Å². The number of nitrogens with zero attached hydrogens (tertiary/aromatic N) is 1. The van der Waals surface area contributed by atoms with Crippen molar-refractivity contribution < 1.29 is 10.0 Å². The third-order valence-electron chi connectivity index (χ3n) is 3.19. The Morgan fingerprint density at radius 3 is 2.21 bits per heavy atom. The Balaban J connectivity index is 3.27. The molecule has 0 spiro atoms. The molecule has 0 atom stereocenters. The van der Waals surface area contributed by atoms with Crippen molar-refractivity contribution in [2.45, 2.75) is 52.4 Å². The van der Waals surface area contributed by atoms with E-state index in [1.165, 1.54) is 6.07 Å². The molecular weight excluding hydrogens is 310 g/mol.